The maximum absolute atomic E-state index is 10.9. The highest BCUT2D eigenvalue weighted by atomic mass is 35.5. The van der Waals surface area contributed by atoms with Gasteiger partial charge in [0.05, 0.1) is 4.92 Å². The van der Waals surface area contributed by atoms with Gasteiger partial charge in [-0.25, -0.2) is 0 Å². The van der Waals surface area contributed by atoms with E-state index in [-0.39, 0.29) is 11.7 Å². The number of nitrogens with one attached hydrogen (secondary N) is 1. The summed E-state index contributed by atoms with van der Waals surface area (Å²) in [6.45, 7) is 2.05. The summed E-state index contributed by atoms with van der Waals surface area (Å²) in [7, 11) is 0. The molecule has 6 heteroatoms. The zero-order valence-corrected chi connectivity index (χ0v) is 11.3. The Morgan fingerprint density at radius 2 is 2.29 bits per heavy atom. The summed E-state index contributed by atoms with van der Waals surface area (Å²) in [5.74, 6) is 0.913. The van der Waals surface area contributed by atoms with Crippen molar-refractivity contribution >= 4 is 34.7 Å². The molecule has 1 aromatic carbocycles. The van der Waals surface area contributed by atoms with E-state index >= 15 is 0 Å². The SMILES string of the molecule is CCC(CSC)Nc1ccc(Cl)cc1[N+](=O)[O-]. The van der Waals surface area contributed by atoms with Crippen molar-refractivity contribution in [3.63, 3.8) is 0 Å². The Hall–Kier alpha value is -0.940. The highest BCUT2D eigenvalue weighted by molar-refractivity contribution is 7.98. The summed E-state index contributed by atoms with van der Waals surface area (Å²) < 4.78 is 0. The number of halogens is 1. The largest absolute Gasteiger partial charge is 0.376 e. The van der Waals surface area contributed by atoms with E-state index in [1.165, 1.54) is 6.07 Å². The van der Waals surface area contributed by atoms with E-state index in [1.807, 2.05) is 6.26 Å². The Labute approximate surface area is 110 Å². The van der Waals surface area contributed by atoms with Gasteiger partial charge in [-0.2, -0.15) is 11.8 Å². The minimum atomic E-state index is -0.417. The maximum Gasteiger partial charge on any atom is 0.293 e. The van der Waals surface area contributed by atoms with Crippen molar-refractivity contribution in [2.24, 2.45) is 0 Å². The minimum absolute atomic E-state index is 0.0250. The summed E-state index contributed by atoms with van der Waals surface area (Å²) in [6, 6.07) is 4.91. The van der Waals surface area contributed by atoms with Gasteiger partial charge in [0.2, 0.25) is 0 Å². The fourth-order valence-electron chi connectivity index (χ4n) is 1.46. The van der Waals surface area contributed by atoms with E-state index in [1.54, 1.807) is 23.9 Å². The standard InChI is InChI=1S/C11H15ClN2O2S/c1-3-9(7-17-2)13-10-5-4-8(12)6-11(10)14(15)16/h4-6,9,13H,3,7H2,1-2H3. The quantitative estimate of drug-likeness (QED) is 0.633. The Morgan fingerprint density at radius 3 is 2.82 bits per heavy atom. The molecule has 0 fully saturated rings. The number of thioether (sulfide) groups is 1. The van der Waals surface area contributed by atoms with Crippen LogP contribution in [0.25, 0.3) is 0 Å². The minimum Gasteiger partial charge on any atom is -0.376 e. The summed E-state index contributed by atoms with van der Waals surface area (Å²) in [4.78, 5) is 10.5. The molecule has 4 nitrogen and oxygen atoms in total. The van der Waals surface area contributed by atoms with Crippen LogP contribution in [0.15, 0.2) is 18.2 Å². The fraction of sp³-hybridized carbons (Fsp3) is 0.455. The first-order valence-electron chi connectivity index (χ1n) is 5.27. The molecule has 1 unspecified atom stereocenters. The molecular formula is C11H15ClN2O2S. The lowest BCUT2D eigenvalue weighted by atomic mass is 10.2. The number of rotatable bonds is 6. The average molecular weight is 275 g/mol. The molecule has 0 saturated carbocycles. The van der Waals surface area contributed by atoms with E-state index in [0.29, 0.717) is 10.7 Å². The number of nitro benzene ring substituents is 1. The Balaban J connectivity index is 2.92. The highest BCUT2D eigenvalue weighted by Gasteiger charge is 2.16. The Morgan fingerprint density at radius 1 is 1.59 bits per heavy atom. The number of nitrogens with zero attached hydrogens (tertiary/aromatic N) is 1. The van der Waals surface area contributed by atoms with Crippen LogP contribution in [0.4, 0.5) is 11.4 Å². The molecule has 0 amide bonds. The first-order chi connectivity index (χ1) is 8.08. The third-order valence-electron chi connectivity index (χ3n) is 2.38. The topological polar surface area (TPSA) is 55.2 Å². The zero-order valence-electron chi connectivity index (χ0n) is 9.77. The van der Waals surface area contributed by atoms with Gasteiger partial charge in [0.25, 0.3) is 5.69 Å². The summed E-state index contributed by atoms with van der Waals surface area (Å²) in [5, 5.41) is 14.5. The second-order valence-electron chi connectivity index (χ2n) is 3.62. The normalized spacial score (nSPS) is 12.2. The molecule has 0 heterocycles. The van der Waals surface area contributed by atoms with Gasteiger partial charge in [-0.05, 0) is 24.8 Å². The van der Waals surface area contributed by atoms with Crippen LogP contribution in [0.3, 0.4) is 0 Å². The molecule has 0 aliphatic rings. The molecule has 94 valence electrons. The first-order valence-corrected chi connectivity index (χ1v) is 7.05. The molecule has 0 bridgehead atoms. The molecule has 1 atom stereocenters. The molecule has 0 radical (unpaired) electrons. The predicted octanol–water partition coefficient (Wildman–Crippen LogP) is 3.80. The van der Waals surface area contributed by atoms with E-state index in [0.717, 1.165) is 12.2 Å². The second kappa shape index (κ2) is 6.71. The summed E-state index contributed by atoms with van der Waals surface area (Å²) >= 11 is 7.47. The molecule has 0 spiro atoms. The van der Waals surface area contributed by atoms with Gasteiger partial charge in [-0.3, -0.25) is 10.1 Å². The Kier molecular flexibility index (Phi) is 5.58. The third-order valence-corrected chi connectivity index (χ3v) is 3.35. The van der Waals surface area contributed by atoms with Crippen molar-refractivity contribution in [3.05, 3.63) is 33.3 Å². The lowest BCUT2D eigenvalue weighted by Gasteiger charge is -2.17. The third kappa shape index (κ3) is 4.09. The van der Waals surface area contributed by atoms with Gasteiger partial charge in [0.1, 0.15) is 5.69 Å². The van der Waals surface area contributed by atoms with Crippen LogP contribution in [-0.2, 0) is 0 Å². The maximum atomic E-state index is 10.9. The van der Waals surface area contributed by atoms with Crippen molar-refractivity contribution in [1.82, 2.24) is 0 Å². The fourth-order valence-corrected chi connectivity index (χ4v) is 2.35. The molecule has 17 heavy (non-hydrogen) atoms. The summed E-state index contributed by atoms with van der Waals surface area (Å²) in [6.07, 6.45) is 2.93. The monoisotopic (exact) mass is 274 g/mol. The molecule has 0 aromatic heterocycles. The molecule has 1 N–H and O–H groups in total. The first kappa shape index (κ1) is 14.1. The van der Waals surface area contributed by atoms with Gasteiger partial charge >= 0.3 is 0 Å². The second-order valence-corrected chi connectivity index (χ2v) is 4.97. The van der Waals surface area contributed by atoms with Gasteiger partial charge in [-0.15, -0.1) is 0 Å². The van der Waals surface area contributed by atoms with Crippen LogP contribution in [0.5, 0.6) is 0 Å². The van der Waals surface area contributed by atoms with Crippen LogP contribution in [-0.4, -0.2) is 23.0 Å². The average Bonchev–Trinajstić information content (AvgIpc) is 2.30. The van der Waals surface area contributed by atoms with Crippen molar-refractivity contribution < 1.29 is 4.92 Å². The van der Waals surface area contributed by atoms with Crippen LogP contribution >= 0.6 is 23.4 Å². The van der Waals surface area contributed by atoms with E-state index < -0.39 is 4.92 Å². The molecule has 1 rings (SSSR count). The number of benzene rings is 1. The summed E-state index contributed by atoms with van der Waals surface area (Å²) in [5.41, 5.74) is 0.553. The predicted molar refractivity (Wildman–Crippen MR) is 74.2 cm³/mol. The van der Waals surface area contributed by atoms with E-state index in [2.05, 4.69) is 12.2 Å². The highest BCUT2D eigenvalue weighted by Crippen LogP contribution is 2.28. The molecule has 1 aromatic rings. The number of anilines is 1. The molecule has 0 aliphatic heterocycles. The van der Waals surface area contributed by atoms with Crippen molar-refractivity contribution in [2.75, 3.05) is 17.3 Å². The van der Waals surface area contributed by atoms with E-state index in [9.17, 15) is 10.1 Å². The van der Waals surface area contributed by atoms with Crippen molar-refractivity contribution in [3.8, 4) is 0 Å². The molecule has 0 saturated heterocycles. The number of hydrogen-bond donors (Lipinski definition) is 1. The van der Waals surface area contributed by atoms with Crippen LogP contribution < -0.4 is 5.32 Å². The smallest absolute Gasteiger partial charge is 0.293 e. The Bertz CT molecular complexity index is 401. The zero-order chi connectivity index (χ0) is 12.8. The van der Waals surface area contributed by atoms with Gasteiger partial charge in [-0.1, -0.05) is 18.5 Å². The van der Waals surface area contributed by atoms with Gasteiger partial charge in [0.15, 0.2) is 0 Å². The lowest BCUT2D eigenvalue weighted by molar-refractivity contribution is -0.384. The van der Waals surface area contributed by atoms with Gasteiger partial charge < -0.3 is 5.32 Å². The van der Waals surface area contributed by atoms with E-state index in [4.69, 9.17) is 11.6 Å². The van der Waals surface area contributed by atoms with Crippen molar-refractivity contribution in [1.29, 1.82) is 0 Å². The van der Waals surface area contributed by atoms with Crippen LogP contribution in [0.1, 0.15) is 13.3 Å². The van der Waals surface area contributed by atoms with Gasteiger partial charge in [0, 0.05) is 22.9 Å². The number of hydrogen-bond acceptors (Lipinski definition) is 4. The van der Waals surface area contributed by atoms with Crippen molar-refractivity contribution in [2.45, 2.75) is 19.4 Å². The molecular weight excluding hydrogens is 260 g/mol. The number of nitro groups is 1. The molecule has 0 aliphatic carbocycles. The van der Waals surface area contributed by atoms with Crippen LogP contribution in [0.2, 0.25) is 5.02 Å². The van der Waals surface area contributed by atoms with Crippen LogP contribution in [0, 0.1) is 10.1 Å². The lowest BCUT2D eigenvalue weighted by Crippen LogP contribution is -2.21.